The molecule has 0 aliphatic rings. The van der Waals surface area contributed by atoms with Crippen LogP contribution in [-0.2, 0) is 11.2 Å². The highest BCUT2D eigenvalue weighted by atomic mass is 32.1. The van der Waals surface area contributed by atoms with Crippen molar-refractivity contribution in [2.75, 3.05) is 0 Å². The predicted molar refractivity (Wildman–Crippen MR) is 70.2 cm³/mol. The van der Waals surface area contributed by atoms with Gasteiger partial charge >= 0.3 is 0 Å². The van der Waals surface area contributed by atoms with Gasteiger partial charge in [-0.1, -0.05) is 21.7 Å². The molecule has 0 fully saturated rings. The Hall–Kier alpha value is -2.29. The maximum atomic E-state index is 11.9. The first-order valence-corrected chi connectivity index (χ1v) is 6.87. The quantitative estimate of drug-likeness (QED) is 0.767. The molecule has 0 aliphatic heterocycles. The Kier molecular flexibility index (Phi) is 3.18. The van der Waals surface area contributed by atoms with E-state index in [1.165, 1.54) is 11.3 Å². The molecule has 3 rings (SSSR count). The van der Waals surface area contributed by atoms with Crippen LogP contribution in [0.2, 0.25) is 0 Å². The fourth-order valence-corrected chi connectivity index (χ4v) is 2.40. The van der Waals surface area contributed by atoms with Crippen molar-refractivity contribution in [1.29, 1.82) is 0 Å². The number of hydrogen-bond acceptors (Lipinski definition) is 7. The van der Waals surface area contributed by atoms with Crippen LogP contribution in [0.15, 0.2) is 16.3 Å². The summed E-state index contributed by atoms with van der Waals surface area (Å²) in [6.45, 7) is 3.62. The Balaban J connectivity index is 1.66. The minimum atomic E-state index is -0.198. The van der Waals surface area contributed by atoms with Crippen LogP contribution >= 0.6 is 11.3 Å². The van der Waals surface area contributed by atoms with Gasteiger partial charge in [-0.15, -0.1) is 0 Å². The van der Waals surface area contributed by atoms with Crippen LogP contribution in [0.3, 0.4) is 0 Å². The fourth-order valence-electron chi connectivity index (χ4n) is 1.79. The van der Waals surface area contributed by atoms with Crippen molar-refractivity contribution in [2.24, 2.45) is 0 Å². The van der Waals surface area contributed by atoms with E-state index in [0.717, 1.165) is 10.7 Å². The molecule has 0 radical (unpaired) electrons. The molecule has 0 unspecified atom stereocenters. The van der Waals surface area contributed by atoms with Crippen LogP contribution in [0.5, 0.6) is 0 Å². The zero-order valence-corrected chi connectivity index (χ0v) is 11.7. The molecule has 0 aromatic carbocycles. The summed E-state index contributed by atoms with van der Waals surface area (Å²) in [5.41, 5.74) is 3.66. The maximum Gasteiger partial charge on any atom is 0.226 e. The molecule has 0 saturated carbocycles. The number of carbonyl (C=O) groups excluding carboxylic acids is 1. The van der Waals surface area contributed by atoms with Crippen LogP contribution in [0.1, 0.15) is 30.0 Å². The third kappa shape index (κ3) is 2.39. The van der Waals surface area contributed by atoms with E-state index >= 15 is 0 Å². The molecule has 1 N–H and O–H groups in total. The molecule has 1 atom stereocenters. The topological polar surface area (TPSA) is 98.2 Å². The number of nitrogens with zero attached hydrogens (tertiary/aromatic N) is 5. The molecule has 8 nitrogen and oxygen atoms in total. The van der Waals surface area contributed by atoms with Crippen molar-refractivity contribution in [3.05, 3.63) is 28.8 Å². The first kappa shape index (κ1) is 12.7. The third-order valence-corrected chi connectivity index (χ3v) is 3.59. The standard InChI is InChI=1S/C11H12N6O2S/c1-6(9-4-17-11(14-9)20-5-12-17)13-10(18)3-8-7(2)15-19-16-8/h4-6H,3H2,1-2H3,(H,13,18)/t6-/m0/s1. The van der Waals surface area contributed by atoms with Crippen LogP contribution in [-0.4, -0.2) is 30.8 Å². The summed E-state index contributed by atoms with van der Waals surface area (Å²) < 4.78 is 6.25. The molecule has 1 amide bonds. The normalized spacial score (nSPS) is 12.7. The third-order valence-electron chi connectivity index (χ3n) is 2.90. The van der Waals surface area contributed by atoms with Crippen molar-refractivity contribution in [1.82, 2.24) is 30.2 Å². The molecular weight excluding hydrogens is 280 g/mol. The summed E-state index contributed by atoms with van der Waals surface area (Å²) in [5.74, 6) is -0.152. The first-order valence-electron chi connectivity index (χ1n) is 5.99. The molecule has 9 heteroatoms. The molecule has 3 aromatic heterocycles. The van der Waals surface area contributed by atoms with Gasteiger partial charge in [-0.3, -0.25) is 4.79 Å². The van der Waals surface area contributed by atoms with Crippen molar-refractivity contribution in [3.63, 3.8) is 0 Å². The van der Waals surface area contributed by atoms with E-state index in [1.54, 1.807) is 23.1 Å². The number of nitrogens with one attached hydrogen (secondary N) is 1. The first-order chi connectivity index (χ1) is 9.63. The molecule has 3 aromatic rings. The van der Waals surface area contributed by atoms with Gasteiger partial charge in [-0.25, -0.2) is 14.1 Å². The van der Waals surface area contributed by atoms with Crippen LogP contribution in [0.4, 0.5) is 0 Å². The second-order valence-electron chi connectivity index (χ2n) is 4.39. The number of hydrogen-bond donors (Lipinski definition) is 1. The average molecular weight is 292 g/mol. The summed E-state index contributed by atoms with van der Waals surface area (Å²) in [7, 11) is 0. The van der Waals surface area contributed by atoms with Crippen molar-refractivity contribution < 1.29 is 9.42 Å². The van der Waals surface area contributed by atoms with Gasteiger partial charge in [-0.05, 0) is 13.8 Å². The number of fused-ring (bicyclic) bond motifs is 1. The Morgan fingerprint density at radius 3 is 3.10 bits per heavy atom. The molecule has 20 heavy (non-hydrogen) atoms. The van der Waals surface area contributed by atoms with Crippen LogP contribution in [0, 0.1) is 6.92 Å². The Bertz CT molecular complexity index is 716. The lowest BCUT2D eigenvalue weighted by atomic mass is 10.2. The minimum absolute atomic E-state index is 0.139. The zero-order chi connectivity index (χ0) is 14.1. The van der Waals surface area contributed by atoms with E-state index in [-0.39, 0.29) is 18.4 Å². The number of rotatable bonds is 4. The summed E-state index contributed by atoms with van der Waals surface area (Å²) in [6.07, 6.45) is 1.94. The highest BCUT2D eigenvalue weighted by Gasteiger charge is 2.16. The van der Waals surface area contributed by atoms with E-state index in [1.807, 2.05) is 6.92 Å². The SMILES string of the molecule is Cc1nonc1CC(=O)N[C@@H](C)c1cn2ncsc2n1. The van der Waals surface area contributed by atoms with E-state index in [0.29, 0.717) is 11.4 Å². The number of amides is 1. The predicted octanol–water partition coefficient (Wildman–Crippen LogP) is 0.902. The zero-order valence-electron chi connectivity index (χ0n) is 10.9. The Morgan fingerprint density at radius 1 is 1.55 bits per heavy atom. The van der Waals surface area contributed by atoms with Gasteiger partial charge < -0.3 is 5.32 Å². The van der Waals surface area contributed by atoms with Crippen LogP contribution < -0.4 is 5.32 Å². The Morgan fingerprint density at radius 2 is 2.40 bits per heavy atom. The molecule has 0 saturated heterocycles. The van der Waals surface area contributed by atoms with Gasteiger partial charge in [0, 0.05) is 0 Å². The van der Waals surface area contributed by atoms with Crippen molar-refractivity contribution in [2.45, 2.75) is 26.3 Å². The summed E-state index contributed by atoms with van der Waals surface area (Å²) >= 11 is 1.45. The van der Waals surface area contributed by atoms with E-state index in [9.17, 15) is 4.79 Å². The van der Waals surface area contributed by atoms with Gasteiger partial charge in [-0.2, -0.15) is 5.10 Å². The van der Waals surface area contributed by atoms with E-state index in [4.69, 9.17) is 0 Å². The number of imidazole rings is 1. The van der Waals surface area contributed by atoms with Gasteiger partial charge in [0.25, 0.3) is 0 Å². The molecule has 0 aliphatic carbocycles. The molecule has 0 spiro atoms. The van der Waals surface area contributed by atoms with E-state index < -0.39 is 0 Å². The largest absolute Gasteiger partial charge is 0.348 e. The average Bonchev–Trinajstić information content (AvgIpc) is 3.05. The summed E-state index contributed by atoms with van der Waals surface area (Å²) in [4.78, 5) is 17.1. The minimum Gasteiger partial charge on any atom is -0.348 e. The lowest BCUT2D eigenvalue weighted by Gasteiger charge is -2.10. The van der Waals surface area contributed by atoms with Gasteiger partial charge in [0.1, 0.15) is 16.9 Å². The second-order valence-corrected chi connectivity index (χ2v) is 5.21. The molecule has 0 bridgehead atoms. The molecule has 3 heterocycles. The van der Waals surface area contributed by atoms with Gasteiger partial charge in [0.05, 0.1) is 24.4 Å². The van der Waals surface area contributed by atoms with Crippen LogP contribution in [0.25, 0.3) is 4.96 Å². The highest BCUT2D eigenvalue weighted by molar-refractivity contribution is 7.14. The number of carbonyl (C=O) groups is 1. The second kappa shape index (κ2) is 5.00. The monoisotopic (exact) mass is 292 g/mol. The molecule has 104 valence electrons. The van der Waals surface area contributed by atoms with E-state index in [2.05, 4.69) is 30.3 Å². The summed E-state index contributed by atoms with van der Waals surface area (Å²) in [5, 5.41) is 14.3. The lowest BCUT2D eigenvalue weighted by Crippen LogP contribution is -2.28. The Labute approximate surface area is 117 Å². The number of aryl methyl sites for hydroxylation is 1. The summed E-state index contributed by atoms with van der Waals surface area (Å²) in [6, 6.07) is -0.198. The van der Waals surface area contributed by atoms with Crippen molar-refractivity contribution >= 4 is 22.2 Å². The lowest BCUT2D eigenvalue weighted by molar-refractivity contribution is -0.121. The number of aromatic nitrogens is 5. The maximum absolute atomic E-state index is 11.9. The van der Waals surface area contributed by atoms with Crippen molar-refractivity contribution in [3.8, 4) is 0 Å². The smallest absolute Gasteiger partial charge is 0.226 e. The van der Waals surface area contributed by atoms with Gasteiger partial charge in [0.15, 0.2) is 0 Å². The fraction of sp³-hybridized carbons (Fsp3) is 0.364. The van der Waals surface area contributed by atoms with Gasteiger partial charge in [0.2, 0.25) is 10.9 Å². The molecular formula is C11H12N6O2S. The highest BCUT2D eigenvalue weighted by Crippen LogP contribution is 2.15.